The van der Waals surface area contributed by atoms with E-state index < -0.39 is 0 Å². The van der Waals surface area contributed by atoms with E-state index in [4.69, 9.17) is 10.1 Å². The number of amidine groups is 1. The molecule has 1 aliphatic rings. The lowest BCUT2D eigenvalue weighted by Crippen LogP contribution is -2.38. The van der Waals surface area contributed by atoms with Crippen LogP contribution >= 0.6 is 0 Å². The number of nitrogens with zero attached hydrogens (tertiary/aromatic N) is 1. The average Bonchev–Trinajstić information content (AvgIpc) is 2.64. The Kier molecular flexibility index (Phi) is 3.25. The maximum absolute atomic E-state index is 8.17. The van der Waals surface area contributed by atoms with E-state index in [9.17, 15) is 0 Å². The quantitative estimate of drug-likeness (QED) is 0.841. The van der Waals surface area contributed by atoms with Gasteiger partial charge in [0.1, 0.15) is 5.84 Å². The Bertz CT molecular complexity index is 389. The summed E-state index contributed by atoms with van der Waals surface area (Å²) in [6.45, 7) is 3.67. The molecule has 0 saturated carbocycles. The summed E-state index contributed by atoms with van der Waals surface area (Å²) in [6, 6.07) is 8.46. The molecule has 0 saturated heterocycles. The van der Waals surface area contributed by atoms with Crippen molar-refractivity contribution in [1.82, 2.24) is 4.90 Å². The number of nitrogens with one attached hydrogen (secondary N) is 1. The van der Waals surface area contributed by atoms with Crippen LogP contribution in [-0.2, 0) is 11.3 Å². The van der Waals surface area contributed by atoms with Crippen molar-refractivity contribution < 1.29 is 4.74 Å². The molecule has 1 unspecified atom stereocenters. The van der Waals surface area contributed by atoms with E-state index in [1.165, 1.54) is 5.56 Å². The molecule has 0 fully saturated rings. The Morgan fingerprint density at radius 2 is 2.19 bits per heavy atom. The van der Waals surface area contributed by atoms with E-state index in [1.54, 1.807) is 7.11 Å². The van der Waals surface area contributed by atoms with E-state index >= 15 is 0 Å². The van der Waals surface area contributed by atoms with Gasteiger partial charge in [-0.1, -0.05) is 31.2 Å². The van der Waals surface area contributed by atoms with E-state index in [0.717, 1.165) is 18.5 Å². The van der Waals surface area contributed by atoms with Crippen LogP contribution in [0, 0.1) is 5.41 Å². The normalized spacial score (nSPS) is 16.4. The fourth-order valence-corrected chi connectivity index (χ4v) is 2.24. The predicted octanol–water partition coefficient (Wildman–Crippen LogP) is 2.25. The number of hydrogen-bond donors (Lipinski definition) is 1. The molecule has 1 aromatic rings. The largest absolute Gasteiger partial charge is 0.383 e. The molecule has 0 amide bonds. The molecule has 16 heavy (non-hydrogen) atoms. The van der Waals surface area contributed by atoms with Gasteiger partial charge in [-0.05, 0) is 12.0 Å². The maximum Gasteiger partial charge on any atom is 0.129 e. The third-order valence-electron chi connectivity index (χ3n) is 3.17. The first-order valence-electron chi connectivity index (χ1n) is 5.70. The van der Waals surface area contributed by atoms with Gasteiger partial charge >= 0.3 is 0 Å². The summed E-state index contributed by atoms with van der Waals surface area (Å²) in [6.07, 6.45) is 1.00. The highest BCUT2D eigenvalue weighted by atomic mass is 16.5. The van der Waals surface area contributed by atoms with Crippen molar-refractivity contribution in [2.24, 2.45) is 0 Å². The van der Waals surface area contributed by atoms with Gasteiger partial charge in [0.2, 0.25) is 0 Å². The zero-order chi connectivity index (χ0) is 11.5. The van der Waals surface area contributed by atoms with Gasteiger partial charge in [0.25, 0.3) is 0 Å². The lowest BCUT2D eigenvalue weighted by Gasteiger charge is -2.27. The number of fused-ring (bicyclic) bond motifs is 1. The van der Waals surface area contributed by atoms with Gasteiger partial charge in [-0.25, -0.2) is 0 Å². The summed E-state index contributed by atoms with van der Waals surface area (Å²) in [5.74, 6) is 0.638. The molecule has 86 valence electrons. The molecule has 0 aromatic heterocycles. The van der Waals surface area contributed by atoms with Crippen LogP contribution in [0.2, 0.25) is 0 Å². The lowest BCUT2D eigenvalue weighted by atomic mass is 10.1. The first kappa shape index (κ1) is 11.1. The Morgan fingerprint density at radius 1 is 1.44 bits per heavy atom. The summed E-state index contributed by atoms with van der Waals surface area (Å²) in [5, 5.41) is 8.17. The molecule has 0 radical (unpaired) electrons. The molecule has 1 aliphatic heterocycles. The molecular formula is C13H18N2O. The second-order valence-electron chi connectivity index (χ2n) is 4.15. The number of ether oxygens (including phenoxy) is 1. The topological polar surface area (TPSA) is 36.3 Å². The Labute approximate surface area is 96.5 Å². The third kappa shape index (κ3) is 1.83. The Hall–Kier alpha value is -1.35. The zero-order valence-electron chi connectivity index (χ0n) is 9.86. The first-order chi connectivity index (χ1) is 7.77. The molecule has 2 rings (SSSR count). The summed E-state index contributed by atoms with van der Waals surface area (Å²) in [5.41, 5.74) is 2.32. The minimum atomic E-state index is 0.310. The Morgan fingerprint density at radius 3 is 2.81 bits per heavy atom. The molecule has 0 spiro atoms. The van der Waals surface area contributed by atoms with Crippen LogP contribution in [-0.4, -0.2) is 30.5 Å². The maximum atomic E-state index is 8.17. The first-order valence-corrected chi connectivity index (χ1v) is 5.70. The van der Waals surface area contributed by atoms with E-state index in [-0.39, 0.29) is 0 Å². The van der Waals surface area contributed by atoms with Crippen LogP contribution in [0.1, 0.15) is 24.5 Å². The predicted molar refractivity (Wildman–Crippen MR) is 64.8 cm³/mol. The molecular weight excluding hydrogens is 200 g/mol. The second-order valence-corrected chi connectivity index (χ2v) is 4.15. The number of benzene rings is 1. The summed E-state index contributed by atoms with van der Waals surface area (Å²) in [7, 11) is 1.72. The van der Waals surface area contributed by atoms with Crippen molar-refractivity contribution in [1.29, 1.82) is 5.41 Å². The standard InChI is InChI=1S/C13H18N2O/c1-3-11(9-16-2)15-8-10-6-4-5-7-12(10)13(15)14/h4-7,11,14H,3,8-9H2,1-2H3. The summed E-state index contributed by atoms with van der Waals surface area (Å²) in [4.78, 5) is 2.13. The number of methoxy groups -OCH3 is 1. The van der Waals surface area contributed by atoms with Crippen LogP contribution in [0.4, 0.5) is 0 Å². The molecule has 1 N–H and O–H groups in total. The van der Waals surface area contributed by atoms with Crippen LogP contribution in [0.25, 0.3) is 0 Å². The third-order valence-corrected chi connectivity index (χ3v) is 3.17. The van der Waals surface area contributed by atoms with Gasteiger partial charge in [-0.3, -0.25) is 5.41 Å². The highest BCUT2D eigenvalue weighted by molar-refractivity contribution is 6.00. The fraction of sp³-hybridized carbons (Fsp3) is 0.462. The van der Waals surface area contributed by atoms with E-state index in [1.807, 2.05) is 18.2 Å². The average molecular weight is 218 g/mol. The zero-order valence-corrected chi connectivity index (χ0v) is 9.86. The van der Waals surface area contributed by atoms with Crippen molar-refractivity contribution in [2.75, 3.05) is 13.7 Å². The highest BCUT2D eigenvalue weighted by Crippen LogP contribution is 2.25. The van der Waals surface area contributed by atoms with Crippen molar-refractivity contribution in [3.8, 4) is 0 Å². The minimum absolute atomic E-state index is 0.310. The van der Waals surface area contributed by atoms with E-state index in [2.05, 4.69) is 17.9 Å². The fourth-order valence-electron chi connectivity index (χ4n) is 2.24. The SMILES string of the molecule is CCC(COC)N1Cc2ccccc2C1=N. The van der Waals surface area contributed by atoms with Crippen molar-refractivity contribution in [3.63, 3.8) is 0 Å². The van der Waals surface area contributed by atoms with Crippen molar-refractivity contribution in [3.05, 3.63) is 35.4 Å². The van der Waals surface area contributed by atoms with Gasteiger partial charge in [-0.2, -0.15) is 0 Å². The van der Waals surface area contributed by atoms with Gasteiger partial charge in [-0.15, -0.1) is 0 Å². The number of rotatable bonds is 4. The lowest BCUT2D eigenvalue weighted by molar-refractivity contribution is 0.125. The molecule has 0 aliphatic carbocycles. The van der Waals surface area contributed by atoms with Crippen LogP contribution < -0.4 is 0 Å². The van der Waals surface area contributed by atoms with Crippen molar-refractivity contribution >= 4 is 5.84 Å². The van der Waals surface area contributed by atoms with Crippen molar-refractivity contribution in [2.45, 2.75) is 25.9 Å². The van der Waals surface area contributed by atoms with Gasteiger partial charge in [0.15, 0.2) is 0 Å². The summed E-state index contributed by atoms with van der Waals surface area (Å²) >= 11 is 0. The number of hydrogen-bond acceptors (Lipinski definition) is 2. The van der Waals surface area contributed by atoms with E-state index in [0.29, 0.717) is 18.5 Å². The van der Waals surface area contributed by atoms with Gasteiger partial charge in [0.05, 0.1) is 12.6 Å². The smallest absolute Gasteiger partial charge is 0.129 e. The molecule has 1 aromatic carbocycles. The molecule has 3 nitrogen and oxygen atoms in total. The minimum Gasteiger partial charge on any atom is -0.383 e. The highest BCUT2D eigenvalue weighted by Gasteiger charge is 2.28. The Balaban J connectivity index is 2.20. The van der Waals surface area contributed by atoms with Crippen LogP contribution in [0.3, 0.4) is 0 Å². The summed E-state index contributed by atoms with van der Waals surface area (Å²) < 4.78 is 5.22. The van der Waals surface area contributed by atoms with Crippen LogP contribution in [0.5, 0.6) is 0 Å². The molecule has 1 heterocycles. The molecule has 0 bridgehead atoms. The molecule has 1 atom stereocenters. The van der Waals surface area contributed by atoms with Gasteiger partial charge in [0, 0.05) is 19.2 Å². The monoisotopic (exact) mass is 218 g/mol. The van der Waals surface area contributed by atoms with Crippen LogP contribution in [0.15, 0.2) is 24.3 Å². The van der Waals surface area contributed by atoms with Gasteiger partial charge < -0.3 is 9.64 Å². The second kappa shape index (κ2) is 4.66. The molecule has 3 heteroatoms.